The zero-order valence-electron chi connectivity index (χ0n) is 24.7. The summed E-state index contributed by atoms with van der Waals surface area (Å²) in [6.45, 7) is 11.7. The predicted octanol–water partition coefficient (Wildman–Crippen LogP) is 6.21. The van der Waals surface area contributed by atoms with Crippen LogP contribution in [-0.2, 0) is 14.4 Å². The second-order valence-corrected chi connectivity index (χ2v) is 10.7. The van der Waals surface area contributed by atoms with Gasteiger partial charge in [-0.05, 0) is 61.3 Å². The molecule has 1 fully saturated rings. The van der Waals surface area contributed by atoms with Gasteiger partial charge in [-0.1, -0.05) is 63.4 Å². The molecule has 0 aliphatic heterocycles. The number of benzene rings is 1. The predicted molar refractivity (Wildman–Crippen MR) is 168 cm³/mol. The maximum absolute atomic E-state index is 14.1. The summed E-state index contributed by atoms with van der Waals surface area (Å²) in [5, 5.41) is 10.4. The van der Waals surface area contributed by atoms with Gasteiger partial charge in [0, 0.05) is 14.1 Å². The number of alkyl halides is 1. The highest BCUT2D eigenvalue weighted by Gasteiger charge is 2.44. The molecule has 1 saturated carbocycles. The van der Waals surface area contributed by atoms with Crippen LogP contribution in [0.4, 0.5) is 10.1 Å². The number of hydrazone groups is 1. The standard InChI is InChI=1S/C27H27Cl2FN4O4.C4H10/c1-7-23(26(37)32-8-9-35)33-34(6)19-11-21(28)25(22(29)12-19)38-16(2)10-20(24(15-36)31-5)17(3)18-13-27(4,30)14-18;1-3-4-2/h1,8,10-12,17-18,31H,2,13-14H2,3-6H3,(H,32,37);3-4H2,1-2H3/b20-10-,33-23-;. The molecule has 8 nitrogen and oxygen atoms in total. The van der Waals surface area contributed by atoms with Crippen LogP contribution in [0.2, 0.25) is 10.0 Å². The zero-order valence-corrected chi connectivity index (χ0v) is 26.3. The van der Waals surface area contributed by atoms with Crippen molar-refractivity contribution in [3.05, 3.63) is 58.1 Å². The third-order valence-electron chi connectivity index (χ3n) is 6.48. The van der Waals surface area contributed by atoms with Crippen molar-refractivity contribution in [1.29, 1.82) is 0 Å². The Morgan fingerprint density at radius 3 is 2.31 bits per heavy atom. The average Bonchev–Trinajstić information content (AvgIpc) is 2.94. The lowest BCUT2D eigenvalue weighted by molar-refractivity contribution is -0.113. The van der Waals surface area contributed by atoms with Crippen molar-refractivity contribution >= 4 is 52.4 Å². The number of carbonyl (C=O) groups excluding carboxylic acids is 3. The number of nitrogens with zero attached hydrogens (tertiary/aromatic N) is 2. The molecule has 42 heavy (non-hydrogen) atoms. The highest BCUT2D eigenvalue weighted by molar-refractivity contribution is 6.46. The number of nitrogens with one attached hydrogen (secondary N) is 2. The molecule has 0 radical (unpaired) electrons. The molecular weight excluding hydrogens is 582 g/mol. The summed E-state index contributed by atoms with van der Waals surface area (Å²) in [6, 6.07) is 2.95. The van der Waals surface area contributed by atoms with Crippen molar-refractivity contribution in [2.24, 2.45) is 16.9 Å². The van der Waals surface area contributed by atoms with Gasteiger partial charge in [-0.15, -0.1) is 6.42 Å². The van der Waals surface area contributed by atoms with E-state index in [9.17, 15) is 18.8 Å². The number of ether oxygens (including phenoxy) is 1. The van der Waals surface area contributed by atoms with Crippen LogP contribution in [0, 0.1) is 24.2 Å². The van der Waals surface area contributed by atoms with Gasteiger partial charge in [-0.2, -0.15) is 5.10 Å². The second kappa shape index (κ2) is 17.2. The minimum absolute atomic E-state index is 0.0349. The van der Waals surface area contributed by atoms with E-state index in [0.29, 0.717) is 24.1 Å². The molecule has 2 rings (SSSR count). The highest BCUT2D eigenvalue weighted by Crippen LogP contribution is 2.47. The van der Waals surface area contributed by atoms with E-state index < -0.39 is 11.6 Å². The van der Waals surface area contributed by atoms with E-state index in [4.69, 9.17) is 34.4 Å². The smallest absolute Gasteiger partial charge is 0.284 e. The molecule has 1 aliphatic rings. The molecule has 1 aromatic rings. The summed E-state index contributed by atoms with van der Waals surface area (Å²) < 4.78 is 19.9. The van der Waals surface area contributed by atoms with Gasteiger partial charge < -0.3 is 15.4 Å². The minimum Gasteiger partial charge on any atom is -0.455 e. The Morgan fingerprint density at radius 2 is 1.88 bits per heavy atom. The third kappa shape index (κ3) is 10.6. The van der Waals surface area contributed by atoms with Crippen molar-refractivity contribution in [1.82, 2.24) is 10.6 Å². The molecule has 226 valence electrons. The van der Waals surface area contributed by atoms with Crippen LogP contribution < -0.4 is 20.4 Å². The molecule has 0 spiro atoms. The molecule has 1 unspecified atom stereocenters. The van der Waals surface area contributed by atoms with Crippen molar-refractivity contribution in [2.75, 3.05) is 19.1 Å². The molecule has 0 heterocycles. The van der Waals surface area contributed by atoms with Gasteiger partial charge in [0.05, 0.1) is 21.9 Å². The number of allylic oxidation sites excluding steroid dienone is 2. The Morgan fingerprint density at radius 1 is 1.31 bits per heavy atom. The first-order valence-corrected chi connectivity index (χ1v) is 14.0. The van der Waals surface area contributed by atoms with Gasteiger partial charge in [-0.25, -0.2) is 14.0 Å². The van der Waals surface area contributed by atoms with Crippen molar-refractivity contribution < 1.29 is 23.5 Å². The summed E-state index contributed by atoms with van der Waals surface area (Å²) >= 11 is 12.8. The van der Waals surface area contributed by atoms with Crippen molar-refractivity contribution in [3.8, 4) is 18.1 Å². The Kier molecular flexibility index (Phi) is 14.9. The number of anilines is 1. The van der Waals surface area contributed by atoms with E-state index in [1.165, 1.54) is 43.0 Å². The van der Waals surface area contributed by atoms with Gasteiger partial charge in [0.1, 0.15) is 29.0 Å². The normalized spacial score (nSPS) is 18.3. The van der Waals surface area contributed by atoms with Gasteiger partial charge in [0.15, 0.2) is 11.5 Å². The van der Waals surface area contributed by atoms with E-state index in [0.717, 1.165) is 6.20 Å². The molecule has 1 aliphatic carbocycles. The number of hydrogen-bond acceptors (Lipinski definition) is 7. The number of likely N-dealkylation sites (N-methyl/N-ethyl adjacent to an activating group) is 1. The monoisotopic (exact) mass is 618 g/mol. The molecule has 11 heteroatoms. The Bertz CT molecular complexity index is 1320. The van der Waals surface area contributed by atoms with Crippen molar-refractivity contribution in [3.63, 3.8) is 0 Å². The van der Waals surface area contributed by atoms with Gasteiger partial charge in [0.25, 0.3) is 5.91 Å². The fourth-order valence-corrected chi connectivity index (χ4v) is 4.56. The lowest BCUT2D eigenvalue weighted by Gasteiger charge is -2.43. The van der Waals surface area contributed by atoms with Crippen LogP contribution >= 0.6 is 23.2 Å². The summed E-state index contributed by atoms with van der Waals surface area (Å²) in [7, 11) is 3.09. The summed E-state index contributed by atoms with van der Waals surface area (Å²) in [4.78, 5) is 33.8. The number of halogens is 3. The number of rotatable bonds is 12. The molecule has 0 bridgehead atoms. The van der Waals surface area contributed by atoms with E-state index >= 15 is 0 Å². The average molecular weight is 620 g/mol. The van der Waals surface area contributed by atoms with E-state index in [-0.39, 0.29) is 44.8 Å². The Hall–Kier alpha value is -3.79. The molecule has 0 aromatic heterocycles. The van der Waals surface area contributed by atoms with E-state index in [2.05, 4.69) is 42.1 Å². The number of amides is 1. The second-order valence-electron chi connectivity index (χ2n) is 9.86. The van der Waals surface area contributed by atoms with Crippen LogP contribution in [0.25, 0.3) is 0 Å². The first-order valence-electron chi connectivity index (χ1n) is 13.3. The lowest BCUT2D eigenvalue weighted by Crippen LogP contribution is -2.41. The van der Waals surface area contributed by atoms with Gasteiger partial charge >= 0.3 is 0 Å². The summed E-state index contributed by atoms with van der Waals surface area (Å²) in [6.07, 6.45) is 11.1. The number of terminal acetylenes is 1. The van der Waals surface area contributed by atoms with Gasteiger partial charge in [0.2, 0.25) is 0 Å². The molecule has 1 aromatic carbocycles. The quantitative estimate of drug-likeness (QED) is 0.0721. The SMILES string of the molecule is C#C/C(=N/N(C)c1cc(Cl)c(OC(=C)/C=C(\C(=C=O)NC)C(C)C2CC(C)(F)C2)c(Cl)c1)C(=O)NC=C=O.CCCC. The van der Waals surface area contributed by atoms with Crippen LogP contribution in [0.15, 0.2) is 53.1 Å². The van der Waals surface area contributed by atoms with Crippen LogP contribution in [0.3, 0.4) is 0 Å². The molecule has 1 atom stereocenters. The van der Waals surface area contributed by atoms with E-state index in [1.807, 2.05) is 12.9 Å². The first kappa shape index (κ1) is 36.2. The molecule has 2 N–H and O–H groups in total. The first-order chi connectivity index (χ1) is 19.8. The minimum atomic E-state index is -1.22. The maximum atomic E-state index is 14.1. The molecule has 0 saturated heterocycles. The maximum Gasteiger partial charge on any atom is 0.284 e. The Labute approximate surface area is 257 Å². The Balaban J connectivity index is 0.00000206. The number of carbonyl (C=O) groups is 1. The lowest BCUT2D eigenvalue weighted by atomic mass is 9.65. The summed E-state index contributed by atoms with van der Waals surface area (Å²) in [5.41, 5.74) is -0.390. The molecule has 1 amide bonds. The van der Waals surface area contributed by atoms with Gasteiger partial charge in [-0.3, -0.25) is 9.80 Å². The number of hydrogen-bond donors (Lipinski definition) is 2. The fraction of sp³-hybridized carbons (Fsp3) is 0.419. The van der Waals surface area contributed by atoms with Crippen LogP contribution in [0.1, 0.15) is 53.4 Å². The topological polar surface area (TPSA) is 100 Å². The van der Waals surface area contributed by atoms with Crippen molar-refractivity contribution in [2.45, 2.75) is 59.0 Å². The fourth-order valence-electron chi connectivity index (χ4n) is 4.00. The molecular formula is C31H37Cl2FN4O4. The van der Waals surface area contributed by atoms with E-state index in [1.54, 1.807) is 20.0 Å². The number of unbranched alkanes of at least 4 members (excludes halogenated alkanes) is 1. The summed E-state index contributed by atoms with van der Waals surface area (Å²) in [5.74, 6) is 4.71. The highest BCUT2D eigenvalue weighted by atomic mass is 35.5. The zero-order chi connectivity index (χ0) is 32.0. The van der Waals surface area contributed by atoms with Crippen LogP contribution in [0.5, 0.6) is 5.75 Å². The van der Waals surface area contributed by atoms with Crippen LogP contribution in [-0.4, -0.2) is 43.3 Å². The largest absolute Gasteiger partial charge is 0.455 e. The third-order valence-corrected chi connectivity index (χ3v) is 7.05.